The third kappa shape index (κ3) is 2.76. The van der Waals surface area contributed by atoms with Crippen LogP contribution in [0.1, 0.15) is 28.7 Å². The van der Waals surface area contributed by atoms with Gasteiger partial charge >= 0.3 is 5.97 Å². The van der Waals surface area contributed by atoms with Crippen LogP contribution in [-0.2, 0) is 18.3 Å². The monoisotopic (exact) mass is 276 g/mol. The molecule has 2 heterocycles. The first kappa shape index (κ1) is 14.0. The van der Waals surface area contributed by atoms with Crippen LogP contribution in [0.25, 0.3) is 0 Å². The Bertz CT molecular complexity index is 687. The maximum absolute atomic E-state index is 11.9. The second-order valence-electron chi connectivity index (χ2n) is 4.35. The molecule has 2 aromatic heterocycles. The van der Waals surface area contributed by atoms with Crippen molar-refractivity contribution in [2.75, 3.05) is 6.61 Å². The topological polar surface area (TPSA) is 79.0 Å². The van der Waals surface area contributed by atoms with E-state index in [0.29, 0.717) is 23.6 Å². The summed E-state index contributed by atoms with van der Waals surface area (Å²) in [6, 6.07) is 1.44. The summed E-state index contributed by atoms with van der Waals surface area (Å²) in [5, 5.41) is 4.04. The van der Waals surface area contributed by atoms with Crippen LogP contribution < -0.4 is 5.56 Å². The minimum absolute atomic E-state index is 0.173. The number of aryl methyl sites for hydroxylation is 2. The van der Waals surface area contributed by atoms with E-state index in [2.05, 4.69) is 10.1 Å². The van der Waals surface area contributed by atoms with Crippen LogP contribution in [0, 0.1) is 6.92 Å². The third-order valence-electron chi connectivity index (χ3n) is 2.89. The van der Waals surface area contributed by atoms with Gasteiger partial charge in [0, 0.05) is 18.8 Å². The van der Waals surface area contributed by atoms with E-state index in [1.807, 2.05) is 0 Å². The van der Waals surface area contributed by atoms with Gasteiger partial charge in [-0.3, -0.25) is 14.0 Å². The number of carbonyl (C=O) groups excluding carboxylic acids is 1. The zero-order valence-electron chi connectivity index (χ0n) is 11.7. The molecule has 0 unspecified atom stereocenters. The molecule has 7 nitrogen and oxygen atoms in total. The average Bonchev–Trinajstić information content (AvgIpc) is 2.75. The number of hydrogen-bond acceptors (Lipinski definition) is 5. The van der Waals surface area contributed by atoms with E-state index < -0.39 is 5.97 Å². The molecule has 0 saturated carbocycles. The van der Waals surface area contributed by atoms with E-state index in [0.717, 1.165) is 0 Å². The summed E-state index contributed by atoms with van der Waals surface area (Å²) in [4.78, 5) is 27.8. The van der Waals surface area contributed by atoms with Gasteiger partial charge in [-0.1, -0.05) is 0 Å². The van der Waals surface area contributed by atoms with Gasteiger partial charge in [0.15, 0.2) is 0 Å². The highest BCUT2D eigenvalue weighted by atomic mass is 16.5. The Labute approximate surface area is 115 Å². The van der Waals surface area contributed by atoms with Crippen molar-refractivity contribution in [1.82, 2.24) is 19.3 Å². The van der Waals surface area contributed by atoms with Crippen molar-refractivity contribution in [3.8, 4) is 0 Å². The van der Waals surface area contributed by atoms with Crippen molar-refractivity contribution in [3.63, 3.8) is 0 Å². The van der Waals surface area contributed by atoms with Crippen LogP contribution >= 0.6 is 0 Å². The molecule has 0 saturated heterocycles. The molecular formula is C13H16N4O3. The lowest BCUT2D eigenvalue weighted by molar-refractivity contribution is 0.0524. The fraction of sp³-hybridized carbons (Fsp3) is 0.385. The predicted molar refractivity (Wildman–Crippen MR) is 71.5 cm³/mol. The number of ether oxygens (including phenoxy) is 1. The predicted octanol–water partition coefficient (Wildman–Crippen LogP) is 0.510. The van der Waals surface area contributed by atoms with E-state index >= 15 is 0 Å². The maximum atomic E-state index is 11.9. The van der Waals surface area contributed by atoms with Gasteiger partial charge in [0.05, 0.1) is 31.4 Å². The van der Waals surface area contributed by atoms with E-state index in [9.17, 15) is 9.59 Å². The lowest BCUT2D eigenvalue weighted by Crippen LogP contribution is -2.23. The number of nitrogens with zero attached hydrogens (tertiary/aromatic N) is 4. The Balaban J connectivity index is 2.36. The fourth-order valence-electron chi connectivity index (χ4n) is 1.83. The zero-order valence-corrected chi connectivity index (χ0v) is 11.7. The lowest BCUT2D eigenvalue weighted by atomic mass is 10.2. The third-order valence-corrected chi connectivity index (χ3v) is 2.89. The van der Waals surface area contributed by atoms with Gasteiger partial charge in [-0.15, -0.1) is 0 Å². The summed E-state index contributed by atoms with van der Waals surface area (Å²) in [5.41, 5.74) is 1.45. The van der Waals surface area contributed by atoms with E-state index in [1.54, 1.807) is 25.6 Å². The van der Waals surface area contributed by atoms with Crippen molar-refractivity contribution in [2.24, 2.45) is 7.05 Å². The molecule has 106 valence electrons. The SMILES string of the molecule is CCOC(=O)c1cnn(C)c1Cn1cnc(C)cc1=O. The zero-order chi connectivity index (χ0) is 14.7. The summed E-state index contributed by atoms with van der Waals surface area (Å²) < 4.78 is 7.95. The quantitative estimate of drug-likeness (QED) is 0.760. The second-order valence-corrected chi connectivity index (χ2v) is 4.35. The van der Waals surface area contributed by atoms with Gasteiger partial charge in [0.2, 0.25) is 0 Å². The first-order valence-corrected chi connectivity index (χ1v) is 6.24. The van der Waals surface area contributed by atoms with Crippen LogP contribution in [0.15, 0.2) is 23.4 Å². The molecule has 0 fully saturated rings. The molecule has 2 rings (SSSR count). The number of aromatic nitrogens is 4. The first-order valence-electron chi connectivity index (χ1n) is 6.24. The minimum Gasteiger partial charge on any atom is -0.462 e. The highest BCUT2D eigenvalue weighted by Crippen LogP contribution is 2.10. The van der Waals surface area contributed by atoms with Gasteiger partial charge in [-0.05, 0) is 13.8 Å². The molecule has 20 heavy (non-hydrogen) atoms. The van der Waals surface area contributed by atoms with Gasteiger partial charge < -0.3 is 4.74 Å². The molecule has 0 radical (unpaired) electrons. The molecule has 0 aliphatic heterocycles. The smallest absolute Gasteiger partial charge is 0.341 e. The van der Waals surface area contributed by atoms with E-state index in [4.69, 9.17) is 4.74 Å². The Morgan fingerprint density at radius 3 is 2.85 bits per heavy atom. The molecule has 0 spiro atoms. The first-order chi connectivity index (χ1) is 9.52. The summed E-state index contributed by atoms with van der Waals surface area (Å²) in [6.07, 6.45) is 2.90. The molecule has 0 aliphatic carbocycles. The fourth-order valence-corrected chi connectivity index (χ4v) is 1.83. The van der Waals surface area contributed by atoms with Crippen LogP contribution in [0.3, 0.4) is 0 Å². The van der Waals surface area contributed by atoms with Gasteiger partial charge in [0.1, 0.15) is 5.56 Å². The van der Waals surface area contributed by atoms with Crippen LogP contribution in [0.5, 0.6) is 0 Å². The van der Waals surface area contributed by atoms with E-state index in [-0.39, 0.29) is 12.1 Å². The highest BCUT2D eigenvalue weighted by molar-refractivity contribution is 5.90. The summed E-state index contributed by atoms with van der Waals surface area (Å²) in [5.74, 6) is -0.441. The van der Waals surface area contributed by atoms with Crippen molar-refractivity contribution < 1.29 is 9.53 Å². The molecule has 0 aliphatic rings. The second kappa shape index (κ2) is 5.68. The summed E-state index contributed by atoms with van der Waals surface area (Å²) in [7, 11) is 1.71. The molecule has 0 aromatic carbocycles. The van der Waals surface area contributed by atoms with Crippen LogP contribution in [0.4, 0.5) is 0 Å². The highest BCUT2D eigenvalue weighted by Gasteiger charge is 2.17. The maximum Gasteiger partial charge on any atom is 0.341 e. The lowest BCUT2D eigenvalue weighted by Gasteiger charge is -2.08. The number of esters is 1. The van der Waals surface area contributed by atoms with Gasteiger partial charge in [0.25, 0.3) is 5.56 Å². The minimum atomic E-state index is -0.441. The van der Waals surface area contributed by atoms with Crippen LogP contribution in [-0.4, -0.2) is 31.9 Å². The number of rotatable bonds is 4. The van der Waals surface area contributed by atoms with Crippen molar-refractivity contribution in [2.45, 2.75) is 20.4 Å². The van der Waals surface area contributed by atoms with Gasteiger partial charge in [-0.2, -0.15) is 5.10 Å². The van der Waals surface area contributed by atoms with Crippen molar-refractivity contribution in [3.05, 3.63) is 45.9 Å². The van der Waals surface area contributed by atoms with Crippen molar-refractivity contribution in [1.29, 1.82) is 0 Å². The standard InChI is InChI=1S/C13H16N4O3/c1-4-20-13(19)10-6-15-16(3)11(10)7-17-8-14-9(2)5-12(17)18/h5-6,8H,4,7H2,1-3H3. The molecular weight excluding hydrogens is 260 g/mol. The summed E-state index contributed by atoms with van der Waals surface area (Å²) >= 11 is 0. The Kier molecular flexibility index (Phi) is 3.97. The summed E-state index contributed by atoms with van der Waals surface area (Å²) in [6.45, 7) is 4.00. The normalized spacial score (nSPS) is 10.6. The average molecular weight is 276 g/mol. The largest absolute Gasteiger partial charge is 0.462 e. The Morgan fingerprint density at radius 1 is 1.45 bits per heavy atom. The molecule has 0 amide bonds. The molecule has 0 bridgehead atoms. The molecule has 7 heteroatoms. The van der Waals surface area contributed by atoms with Gasteiger partial charge in [-0.25, -0.2) is 9.78 Å². The Hall–Kier alpha value is -2.44. The number of carbonyl (C=O) groups is 1. The molecule has 2 aromatic rings. The van der Waals surface area contributed by atoms with E-state index in [1.165, 1.54) is 23.2 Å². The Morgan fingerprint density at radius 2 is 2.20 bits per heavy atom. The molecule has 0 atom stereocenters. The van der Waals surface area contributed by atoms with Crippen molar-refractivity contribution >= 4 is 5.97 Å². The molecule has 0 N–H and O–H groups in total. The number of hydrogen-bond donors (Lipinski definition) is 0. The van der Waals surface area contributed by atoms with Crippen LogP contribution in [0.2, 0.25) is 0 Å².